The van der Waals surface area contributed by atoms with Crippen molar-refractivity contribution in [2.45, 2.75) is 83.0 Å². The Labute approximate surface area is 437 Å². The molecular weight excluding hydrogens is 916 g/mol. The summed E-state index contributed by atoms with van der Waals surface area (Å²) in [6.45, 7) is 16.5. The Bertz CT molecular complexity index is 4230. The maximum Gasteiger partial charge on any atom is 0.376 e. The Morgan fingerprint density at radius 2 is 1.14 bits per heavy atom. The molecule has 0 atom stereocenters. The van der Waals surface area contributed by atoms with Crippen molar-refractivity contribution in [1.29, 1.82) is 0 Å². The van der Waals surface area contributed by atoms with Crippen LogP contribution in [-0.2, 0) is 21.7 Å². The van der Waals surface area contributed by atoms with Gasteiger partial charge in [0.15, 0.2) is 0 Å². The van der Waals surface area contributed by atoms with Gasteiger partial charge < -0.3 is 14.1 Å². The number of thiophene rings is 1. The molecule has 0 unspecified atom stereocenters. The maximum absolute atomic E-state index is 7.89. The predicted molar refractivity (Wildman–Crippen MR) is 313 cm³/mol. The SMILES string of the molecule is CC(C)(C)c1ccc(N2c3cc4c(sc5ccccc54)c4c3B(c3oc5cc6c(cc5c32)C(C)(C)CCC6(C)C)N2c3ccccc3C3(c5ccccc5-c5ccccc53)c3cccc-4c32)c(-c2ccccc2)c1. The second-order valence-electron chi connectivity index (χ2n) is 24.2. The van der Waals surface area contributed by atoms with Crippen LogP contribution in [0.1, 0.15) is 100 Å². The first-order valence-corrected chi connectivity index (χ1v) is 27.5. The summed E-state index contributed by atoms with van der Waals surface area (Å²) in [4.78, 5) is 5.38. The van der Waals surface area contributed by atoms with Gasteiger partial charge >= 0.3 is 6.85 Å². The van der Waals surface area contributed by atoms with Crippen molar-refractivity contribution in [1.82, 2.24) is 0 Å². The minimum atomic E-state index is -0.549. The smallest absolute Gasteiger partial charge is 0.376 e. The number of rotatable bonds is 2. The van der Waals surface area contributed by atoms with E-state index < -0.39 is 5.41 Å². The van der Waals surface area contributed by atoms with Crippen molar-refractivity contribution < 1.29 is 4.42 Å². The summed E-state index contributed by atoms with van der Waals surface area (Å²) >= 11 is 1.94. The molecular formula is C69H55BN2OS. The highest BCUT2D eigenvalue weighted by Crippen LogP contribution is 2.66. The zero-order valence-corrected chi connectivity index (χ0v) is 43.8. The fourth-order valence-corrected chi connectivity index (χ4v) is 15.9. The summed E-state index contributed by atoms with van der Waals surface area (Å²) in [5.74, 6) is 0. The van der Waals surface area contributed by atoms with Crippen LogP contribution < -0.4 is 20.8 Å². The monoisotopic (exact) mass is 970 g/mol. The van der Waals surface area contributed by atoms with Gasteiger partial charge in [0.1, 0.15) is 11.2 Å². The molecule has 16 rings (SSSR count). The molecule has 3 aliphatic heterocycles. The maximum atomic E-state index is 7.89. The molecule has 0 saturated heterocycles. The van der Waals surface area contributed by atoms with E-state index in [0.717, 1.165) is 35.5 Å². The van der Waals surface area contributed by atoms with E-state index in [1.54, 1.807) is 0 Å². The number of furan rings is 1. The van der Waals surface area contributed by atoms with Gasteiger partial charge in [-0.15, -0.1) is 11.3 Å². The number of hydrogen-bond acceptors (Lipinski definition) is 4. The molecule has 5 heterocycles. The standard InChI is InChI=1S/C69H55BN2OS/c1-66(2,3)41-32-33-55(46(36-41)40-20-9-8-10-21-40)71-57-38-47-44-24-13-18-31-59(44)74-64(47)60-45-25-19-29-52-62(45)72(56-30-17-16-28-51(56)69(52)49-26-14-11-22-42(49)43-23-12-15-27-50(43)69)70(61(57)60)65-63(71)48-37-53-54(39-58(48)73-65)68(6,7)35-34-67(53,4)5/h8-33,36-39H,34-35H2,1-7H3. The summed E-state index contributed by atoms with van der Waals surface area (Å²) in [6.07, 6.45) is 2.26. The topological polar surface area (TPSA) is 19.6 Å². The first kappa shape index (κ1) is 42.9. The fraction of sp³-hybridized carbons (Fsp3) is 0.188. The summed E-state index contributed by atoms with van der Waals surface area (Å²) in [5, 5.41) is 3.76. The van der Waals surface area contributed by atoms with E-state index in [0.29, 0.717) is 0 Å². The average Bonchev–Trinajstić information content (AvgIpc) is 4.13. The molecule has 0 N–H and O–H groups in total. The van der Waals surface area contributed by atoms with Crippen molar-refractivity contribution in [2.24, 2.45) is 0 Å². The largest absolute Gasteiger partial charge is 0.466 e. The van der Waals surface area contributed by atoms with Crippen molar-refractivity contribution in [3.05, 3.63) is 221 Å². The molecule has 356 valence electrons. The summed E-state index contributed by atoms with van der Waals surface area (Å²) < 4.78 is 10.5. The van der Waals surface area contributed by atoms with Crippen molar-refractivity contribution >= 4 is 88.9 Å². The van der Waals surface area contributed by atoms with Crippen LogP contribution in [0, 0.1) is 0 Å². The molecule has 0 amide bonds. The lowest BCUT2D eigenvalue weighted by Gasteiger charge is -2.51. The molecule has 5 heteroatoms. The quantitative estimate of drug-likeness (QED) is 0.161. The molecule has 5 aliphatic rings. The zero-order valence-electron chi connectivity index (χ0n) is 43.0. The van der Waals surface area contributed by atoms with Crippen LogP contribution in [0.15, 0.2) is 186 Å². The second kappa shape index (κ2) is 14.4. The van der Waals surface area contributed by atoms with Gasteiger partial charge in [0.25, 0.3) is 0 Å². The molecule has 0 fully saturated rings. The lowest BCUT2D eigenvalue weighted by molar-refractivity contribution is 0.332. The first-order valence-electron chi connectivity index (χ1n) is 26.7. The van der Waals surface area contributed by atoms with Crippen LogP contribution in [0.5, 0.6) is 0 Å². The van der Waals surface area contributed by atoms with Crippen LogP contribution in [0.2, 0.25) is 0 Å². The third-order valence-electron chi connectivity index (χ3n) is 18.3. The highest BCUT2D eigenvalue weighted by molar-refractivity contribution is 7.26. The summed E-state index contributed by atoms with van der Waals surface area (Å²) in [6, 6.07) is 70.0. The van der Waals surface area contributed by atoms with Crippen LogP contribution in [0.4, 0.5) is 28.4 Å². The molecule has 2 aliphatic carbocycles. The molecule has 74 heavy (non-hydrogen) atoms. The normalized spacial score (nSPS) is 16.7. The number of hydrogen-bond donors (Lipinski definition) is 0. The Morgan fingerprint density at radius 3 is 1.88 bits per heavy atom. The highest BCUT2D eigenvalue weighted by atomic mass is 32.1. The first-order chi connectivity index (χ1) is 35.8. The third kappa shape index (κ3) is 5.33. The van der Waals surface area contributed by atoms with Crippen LogP contribution in [0.3, 0.4) is 0 Å². The number of anilines is 5. The van der Waals surface area contributed by atoms with E-state index in [1.807, 2.05) is 11.3 Å². The Hall–Kier alpha value is -7.60. The number of para-hydroxylation sites is 2. The molecule has 0 bridgehead atoms. The van der Waals surface area contributed by atoms with Gasteiger partial charge in [0, 0.05) is 59.3 Å². The number of fused-ring (bicyclic) bond motifs is 20. The van der Waals surface area contributed by atoms with E-state index in [1.165, 1.54) is 120 Å². The van der Waals surface area contributed by atoms with Crippen molar-refractivity contribution in [3.8, 4) is 33.4 Å². The Balaban J connectivity index is 1.11. The minimum Gasteiger partial charge on any atom is -0.466 e. The lowest BCUT2D eigenvalue weighted by Crippen LogP contribution is -2.62. The van der Waals surface area contributed by atoms with Crippen LogP contribution in [-0.4, -0.2) is 6.85 Å². The lowest BCUT2D eigenvalue weighted by atomic mass is 9.44. The minimum absolute atomic E-state index is 0.00349. The molecule has 3 nitrogen and oxygen atoms in total. The van der Waals surface area contributed by atoms with Gasteiger partial charge in [-0.3, -0.25) is 0 Å². The van der Waals surface area contributed by atoms with E-state index >= 15 is 0 Å². The molecule has 0 saturated carbocycles. The van der Waals surface area contributed by atoms with Gasteiger partial charge in [0.05, 0.1) is 16.8 Å². The Kier molecular flexibility index (Phi) is 8.32. The average molecular weight is 971 g/mol. The Morgan fingerprint density at radius 1 is 0.500 bits per heavy atom. The second-order valence-corrected chi connectivity index (χ2v) is 25.2. The number of nitrogens with zero attached hydrogens (tertiary/aromatic N) is 2. The fourth-order valence-electron chi connectivity index (χ4n) is 14.6. The van der Waals surface area contributed by atoms with Gasteiger partial charge in [-0.1, -0.05) is 188 Å². The van der Waals surface area contributed by atoms with Crippen LogP contribution >= 0.6 is 11.3 Å². The van der Waals surface area contributed by atoms with Gasteiger partial charge in [0.2, 0.25) is 0 Å². The third-order valence-corrected chi connectivity index (χ3v) is 19.5. The molecule has 0 radical (unpaired) electrons. The predicted octanol–water partition coefficient (Wildman–Crippen LogP) is 17.5. The van der Waals surface area contributed by atoms with Gasteiger partial charge in [-0.05, 0) is 133 Å². The summed E-state index contributed by atoms with van der Waals surface area (Å²) in [7, 11) is 0. The molecule has 11 aromatic rings. The van der Waals surface area contributed by atoms with Crippen molar-refractivity contribution in [3.63, 3.8) is 0 Å². The van der Waals surface area contributed by atoms with E-state index in [2.05, 4.69) is 240 Å². The van der Waals surface area contributed by atoms with Crippen LogP contribution in [0.25, 0.3) is 64.5 Å². The molecule has 1 spiro atoms. The zero-order chi connectivity index (χ0) is 49.8. The summed E-state index contributed by atoms with van der Waals surface area (Å²) in [5.41, 5.74) is 25.7. The van der Waals surface area contributed by atoms with E-state index in [-0.39, 0.29) is 23.1 Å². The van der Waals surface area contributed by atoms with Crippen molar-refractivity contribution in [2.75, 3.05) is 9.71 Å². The molecule has 2 aromatic heterocycles. The number of benzene rings is 9. The molecule has 9 aromatic carbocycles. The van der Waals surface area contributed by atoms with E-state index in [9.17, 15) is 0 Å². The van der Waals surface area contributed by atoms with Gasteiger partial charge in [-0.2, -0.15) is 0 Å². The van der Waals surface area contributed by atoms with E-state index in [4.69, 9.17) is 4.42 Å². The highest BCUT2D eigenvalue weighted by Gasteiger charge is 2.58. The van der Waals surface area contributed by atoms with Gasteiger partial charge in [-0.25, -0.2) is 0 Å².